The predicted molar refractivity (Wildman–Crippen MR) is 119 cm³/mol. The van der Waals surface area contributed by atoms with Crippen LogP contribution in [0.3, 0.4) is 0 Å². The number of rotatable bonds is 7. The summed E-state index contributed by atoms with van der Waals surface area (Å²) in [6.07, 6.45) is -1.18. The summed E-state index contributed by atoms with van der Waals surface area (Å²) >= 11 is 0. The number of carbonyl (C=O) groups is 1. The van der Waals surface area contributed by atoms with Crippen LogP contribution in [0.2, 0.25) is 0 Å². The van der Waals surface area contributed by atoms with Crippen molar-refractivity contribution in [3.05, 3.63) is 96.9 Å². The number of hydrogen-bond donors (Lipinski definition) is 1. The topological polar surface area (TPSA) is 55.8 Å². The first-order valence-corrected chi connectivity index (χ1v) is 9.63. The zero-order valence-corrected chi connectivity index (χ0v) is 17.4. The highest BCUT2D eigenvalue weighted by molar-refractivity contribution is 5.88. The van der Waals surface area contributed by atoms with Gasteiger partial charge in [0, 0.05) is 17.2 Å². The highest BCUT2D eigenvalue weighted by Gasteiger charge is 2.11. The number of aliphatic hydroxyl groups is 1. The molecule has 0 spiro atoms. The van der Waals surface area contributed by atoms with Gasteiger partial charge in [0.25, 0.3) is 0 Å². The Kier molecular flexibility index (Phi) is 6.68. The first-order chi connectivity index (χ1) is 14.7. The largest absolute Gasteiger partial charge is 0.461 e. The molecule has 3 aromatic rings. The summed E-state index contributed by atoms with van der Waals surface area (Å²) in [5.41, 5.74) is 3.76. The third-order valence-corrected chi connectivity index (χ3v) is 4.55. The molecule has 4 nitrogen and oxygen atoms in total. The lowest BCUT2D eigenvalue weighted by Crippen LogP contribution is -2.16. The Morgan fingerprint density at radius 3 is 1.90 bits per heavy atom. The molecule has 1 N–H and O–H groups in total. The Morgan fingerprint density at radius 1 is 0.871 bits per heavy atom. The van der Waals surface area contributed by atoms with Crippen molar-refractivity contribution in [1.82, 2.24) is 0 Å². The summed E-state index contributed by atoms with van der Waals surface area (Å²) in [7, 11) is 0. The molecule has 1 atom stereocenters. The summed E-state index contributed by atoms with van der Waals surface area (Å²) < 4.78 is 25.0. The Balaban J connectivity index is 1.75. The molecule has 0 aliphatic rings. The van der Waals surface area contributed by atoms with Crippen LogP contribution < -0.4 is 9.47 Å². The van der Waals surface area contributed by atoms with Gasteiger partial charge in [0.05, 0.1) is 0 Å². The summed E-state index contributed by atoms with van der Waals surface area (Å²) in [6, 6.07) is 19.0. The molecular weight excluding hydrogens is 395 g/mol. The van der Waals surface area contributed by atoms with E-state index in [9.17, 15) is 14.3 Å². The van der Waals surface area contributed by atoms with Crippen molar-refractivity contribution in [2.45, 2.75) is 20.1 Å². The number of esters is 1. The van der Waals surface area contributed by atoms with Crippen LogP contribution in [-0.4, -0.2) is 17.4 Å². The van der Waals surface area contributed by atoms with E-state index in [1.54, 1.807) is 38.1 Å². The third-order valence-electron chi connectivity index (χ3n) is 4.55. The second-order valence-corrected chi connectivity index (χ2v) is 7.23. The molecule has 31 heavy (non-hydrogen) atoms. The lowest BCUT2D eigenvalue weighted by molar-refractivity contribution is -0.130. The highest BCUT2D eigenvalue weighted by Crippen LogP contribution is 2.30. The zero-order chi connectivity index (χ0) is 22.5. The SMILES string of the molecule is C=C(C)C(=O)Oc1ccc(-c2ccc(-c3ccc(OC(O)C(=C)C)cc3F)cc2)cc1. The minimum Gasteiger partial charge on any atom is -0.461 e. The summed E-state index contributed by atoms with van der Waals surface area (Å²) in [4.78, 5) is 11.6. The molecule has 0 radical (unpaired) electrons. The molecule has 3 rings (SSSR count). The Hall–Kier alpha value is -3.70. The van der Waals surface area contributed by atoms with Gasteiger partial charge in [-0.2, -0.15) is 0 Å². The van der Waals surface area contributed by atoms with Crippen LogP contribution in [0.4, 0.5) is 4.39 Å². The first kappa shape index (κ1) is 22.0. The fourth-order valence-corrected chi connectivity index (χ4v) is 2.78. The second kappa shape index (κ2) is 9.41. The van der Waals surface area contributed by atoms with Crippen molar-refractivity contribution in [2.24, 2.45) is 0 Å². The number of aliphatic hydroxyl groups excluding tert-OH is 1. The van der Waals surface area contributed by atoms with Gasteiger partial charge in [-0.05, 0) is 60.4 Å². The standard InChI is InChI=1S/C26H23FO4/c1-16(2)25(28)30-21-11-9-19(10-12-21)18-5-7-20(8-6-18)23-14-13-22(15-24(23)27)31-26(29)17(3)4/h5-15,26,29H,1,3H2,2,4H3. The smallest absolute Gasteiger partial charge is 0.338 e. The van der Waals surface area contributed by atoms with Crippen molar-refractivity contribution in [2.75, 3.05) is 0 Å². The summed E-state index contributed by atoms with van der Waals surface area (Å²) in [5, 5.41) is 9.71. The normalized spacial score (nSPS) is 11.5. The van der Waals surface area contributed by atoms with Crippen molar-refractivity contribution in [1.29, 1.82) is 0 Å². The Bertz CT molecular complexity index is 1120. The van der Waals surface area contributed by atoms with E-state index >= 15 is 0 Å². The molecule has 158 valence electrons. The van der Waals surface area contributed by atoms with E-state index in [2.05, 4.69) is 13.2 Å². The molecule has 0 amide bonds. The zero-order valence-electron chi connectivity index (χ0n) is 17.4. The van der Waals surface area contributed by atoms with Crippen molar-refractivity contribution >= 4 is 5.97 Å². The maximum Gasteiger partial charge on any atom is 0.338 e. The molecule has 3 aromatic carbocycles. The van der Waals surface area contributed by atoms with E-state index in [4.69, 9.17) is 9.47 Å². The molecule has 0 fully saturated rings. The molecule has 0 saturated heterocycles. The second-order valence-electron chi connectivity index (χ2n) is 7.23. The van der Waals surface area contributed by atoms with Crippen LogP contribution in [0.5, 0.6) is 11.5 Å². The number of hydrogen-bond acceptors (Lipinski definition) is 4. The minimum absolute atomic E-state index is 0.223. The van der Waals surface area contributed by atoms with Crippen molar-refractivity contribution in [3.8, 4) is 33.8 Å². The molecule has 0 saturated carbocycles. The van der Waals surface area contributed by atoms with Crippen molar-refractivity contribution in [3.63, 3.8) is 0 Å². The lowest BCUT2D eigenvalue weighted by atomic mass is 10.00. The van der Waals surface area contributed by atoms with Crippen molar-refractivity contribution < 1.29 is 23.8 Å². The van der Waals surface area contributed by atoms with E-state index in [1.165, 1.54) is 6.07 Å². The predicted octanol–water partition coefficient (Wildman–Crippen LogP) is 5.91. The van der Waals surface area contributed by atoms with Gasteiger partial charge in [0.1, 0.15) is 17.3 Å². The lowest BCUT2D eigenvalue weighted by Gasteiger charge is -2.14. The Morgan fingerprint density at radius 2 is 1.39 bits per heavy atom. The van der Waals surface area contributed by atoms with Gasteiger partial charge in [0.15, 0.2) is 0 Å². The van der Waals surface area contributed by atoms with Crippen LogP contribution in [-0.2, 0) is 4.79 Å². The van der Waals surface area contributed by atoms with Gasteiger partial charge < -0.3 is 14.6 Å². The van der Waals surface area contributed by atoms with Crippen LogP contribution in [0.1, 0.15) is 13.8 Å². The fraction of sp³-hybridized carbons (Fsp3) is 0.115. The monoisotopic (exact) mass is 418 g/mol. The molecule has 0 aliphatic carbocycles. The molecule has 5 heteroatoms. The first-order valence-electron chi connectivity index (χ1n) is 9.63. The minimum atomic E-state index is -1.18. The van der Waals surface area contributed by atoms with Gasteiger partial charge in [-0.15, -0.1) is 0 Å². The van der Waals surface area contributed by atoms with Crippen LogP contribution in [0.15, 0.2) is 91.0 Å². The van der Waals surface area contributed by atoms with E-state index < -0.39 is 18.1 Å². The van der Waals surface area contributed by atoms with Crippen LogP contribution >= 0.6 is 0 Å². The average molecular weight is 418 g/mol. The average Bonchev–Trinajstić information content (AvgIpc) is 2.74. The number of ether oxygens (including phenoxy) is 2. The van der Waals surface area contributed by atoms with E-state index in [-0.39, 0.29) is 5.75 Å². The molecular formula is C26H23FO4. The molecule has 0 heterocycles. The van der Waals surface area contributed by atoms with E-state index in [1.807, 2.05) is 36.4 Å². The van der Waals surface area contributed by atoms with E-state index in [0.717, 1.165) is 11.1 Å². The van der Waals surface area contributed by atoms with Gasteiger partial charge in [-0.1, -0.05) is 49.6 Å². The van der Waals surface area contributed by atoms with Gasteiger partial charge >= 0.3 is 5.97 Å². The summed E-state index contributed by atoms with van der Waals surface area (Å²) in [6.45, 7) is 10.4. The highest BCUT2D eigenvalue weighted by atomic mass is 19.1. The maximum atomic E-state index is 14.6. The van der Waals surface area contributed by atoms with E-state index in [0.29, 0.717) is 28.0 Å². The number of benzene rings is 3. The number of halogens is 1. The maximum absolute atomic E-state index is 14.6. The Labute approximate surface area is 180 Å². The molecule has 0 aliphatic heterocycles. The molecule has 0 bridgehead atoms. The van der Waals surface area contributed by atoms with Crippen LogP contribution in [0.25, 0.3) is 22.3 Å². The van der Waals surface area contributed by atoms with Gasteiger partial charge in [-0.25, -0.2) is 9.18 Å². The molecule has 1 unspecified atom stereocenters. The quantitative estimate of drug-likeness (QED) is 0.170. The third kappa shape index (κ3) is 5.47. The number of carbonyl (C=O) groups excluding carboxylic acids is 1. The fourth-order valence-electron chi connectivity index (χ4n) is 2.78. The summed E-state index contributed by atoms with van der Waals surface area (Å²) in [5.74, 6) is -0.261. The van der Waals surface area contributed by atoms with Gasteiger partial charge in [-0.3, -0.25) is 0 Å². The van der Waals surface area contributed by atoms with Gasteiger partial charge in [0.2, 0.25) is 6.29 Å². The molecule has 0 aromatic heterocycles. The van der Waals surface area contributed by atoms with Crippen LogP contribution in [0, 0.1) is 5.82 Å².